The van der Waals surface area contributed by atoms with Gasteiger partial charge in [0.05, 0.1) is 5.03 Å². The number of halogens is 4. The maximum Gasteiger partial charge on any atom is 0.430 e. The van der Waals surface area contributed by atoms with E-state index in [2.05, 4.69) is 0 Å². The van der Waals surface area contributed by atoms with Crippen LogP contribution in [0.2, 0.25) is 0 Å². The van der Waals surface area contributed by atoms with Crippen molar-refractivity contribution in [2.75, 3.05) is 0 Å². The number of carboxylic acids is 1. The molecule has 1 atom stereocenters. The number of aryl methyl sites for hydroxylation is 1. The number of alkyl halides is 3. The minimum atomic E-state index is -4.85. The minimum absolute atomic E-state index is 0.0418. The normalized spacial score (nSPS) is 18.9. The first kappa shape index (κ1) is 13.7. The van der Waals surface area contributed by atoms with Crippen LogP contribution in [0.3, 0.4) is 0 Å². The van der Waals surface area contributed by atoms with Gasteiger partial charge in [0.2, 0.25) is 6.10 Å². The van der Waals surface area contributed by atoms with E-state index in [0.29, 0.717) is 5.56 Å². The molecule has 1 aliphatic heterocycles. The fraction of sp³-hybridized carbons (Fsp3) is 0.250. The minimum Gasteiger partial charge on any atom is -0.478 e. The van der Waals surface area contributed by atoms with Crippen molar-refractivity contribution in [1.82, 2.24) is 0 Å². The fourth-order valence-electron chi connectivity index (χ4n) is 1.86. The standard InChI is InChI=1S/C12H8ClF3O3/c1-5-3-2-4-6-8(13)7(11(17)18)10(12(14,15)16)19-9(5)6/h2-4,10H,1H3,(H,17,18). The van der Waals surface area contributed by atoms with Crippen LogP contribution in [0.4, 0.5) is 13.2 Å². The Bertz CT molecular complexity index is 578. The van der Waals surface area contributed by atoms with Crippen molar-refractivity contribution in [3.63, 3.8) is 0 Å². The molecule has 0 aromatic heterocycles. The Morgan fingerprint density at radius 3 is 2.58 bits per heavy atom. The summed E-state index contributed by atoms with van der Waals surface area (Å²) in [4.78, 5) is 11.0. The maximum atomic E-state index is 12.9. The second-order valence-electron chi connectivity index (χ2n) is 4.02. The molecule has 19 heavy (non-hydrogen) atoms. The lowest BCUT2D eigenvalue weighted by atomic mass is 9.99. The monoisotopic (exact) mass is 292 g/mol. The summed E-state index contributed by atoms with van der Waals surface area (Å²) in [6.45, 7) is 1.56. The average molecular weight is 293 g/mol. The van der Waals surface area contributed by atoms with Gasteiger partial charge in [-0.15, -0.1) is 0 Å². The van der Waals surface area contributed by atoms with Crippen LogP contribution < -0.4 is 4.74 Å². The molecular formula is C12H8ClF3O3. The van der Waals surface area contributed by atoms with Crippen LogP contribution in [0.15, 0.2) is 23.8 Å². The van der Waals surface area contributed by atoms with E-state index in [4.69, 9.17) is 21.4 Å². The Balaban J connectivity index is 2.70. The van der Waals surface area contributed by atoms with Gasteiger partial charge in [0.15, 0.2) is 0 Å². The van der Waals surface area contributed by atoms with Crippen LogP contribution >= 0.6 is 11.6 Å². The van der Waals surface area contributed by atoms with Crippen molar-refractivity contribution in [1.29, 1.82) is 0 Å². The van der Waals surface area contributed by atoms with Crippen molar-refractivity contribution in [3.05, 3.63) is 34.9 Å². The highest BCUT2D eigenvalue weighted by Gasteiger charge is 2.50. The molecule has 1 aromatic carbocycles. The molecular weight excluding hydrogens is 285 g/mol. The lowest BCUT2D eigenvalue weighted by Gasteiger charge is -2.29. The molecule has 0 saturated carbocycles. The van der Waals surface area contributed by atoms with Crippen molar-refractivity contribution in [3.8, 4) is 5.75 Å². The number of benzene rings is 1. The number of aliphatic carboxylic acids is 1. The van der Waals surface area contributed by atoms with Crippen molar-refractivity contribution >= 4 is 22.6 Å². The smallest absolute Gasteiger partial charge is 0.430 e. The number of hydrogen-bond donors (Lipinski definition) is 1. The summed E-state index contributed by atoms with van der Waals surface area (Å²) in [5, 5.41) is 8.47. The van der Waals surface area contributed by atoms with Gasteiger partial charge in [-0.05, 0) is 18.6 Å². The number of fused-ring (bicyclic) bond motifs is 1. The van der Waals surface area contributed by atoms with Gasteiger partial charge in [-0.1, -0.05) is 23.7 Å². The molecule has 0 saturated heterocycles. The predicted octanol–water partition coefficient (Wildman–Crippen LogP) is 3.35. The molecule has 0 bridgehead atoms. The third-order valence-electron chi connectivity index (χ3n) is 2.71. The lowest BCUT2D eigenvalue weighted by Crippen LogP contribution is -2.41. The molecule has 1 aromatic rings. The van der Waals surface area contributed by atoms with Crippen LogP contribution in [0, 0.1) is 6.92 Å². The molecule has 0 spiro atoms. The van der Waals surface area contributed by atoms with Gasteiger partial charge >= 0.3 is 12.1 Å². The summed E-state index contributed by atoms with van der Waals surface area (Å²) in [5.41, 5.74) is -0.388. The van der Waals surface area contributed by atoms with Crippen LogP contribution in [-0.2, 0) is 4.79 Å². The van der Waals surface area contributed by atoms with E-state index >= 15 is 0 Å². The summed E-state index contributed by atoms with van der Waals surface area (Å²) in [5.74, 6) is -1.79. The van der Waals surface area contributed by atoms with E-state index in [0.717, 1.165) is 0 Å². The Morgan fingerprint density at radius 1 is 1.42 bits per heavy atom. The fourth-order valence-corrected chi connectivity index (χ4v) is 2.18. The molecule has 1 aliphatic rings. The van der Waals surface area contributed by atoms with E-state index < -0.39 is 28.9 Å². The maximum absolute atomic E-state index is 12.9. The average Bonchev–Trinajstić information content (AvgIpc) is 2.28. The van der Waals surface area contributed by atoms with E-state index in [1.807, 2.05) is 0 Å². The zero-order valence-corrected chi connectivity index (χ0v) is 10.3. The first-order valence-electron chi connectivity index (χ1n) is 5.19. The predicted molar refractivity (Wildman–Crippen MR) is 62.1 cm³/mol. The molecule has 1 unspecified atom stereocenters. The third-order valence-corrected chi connectivity index (χ3v) is 3.12. The van der Waals surface area contributed by atoms with Gasteiger partial charge in [-0.3, -0.25) is 0 Å². The third kappa shape index (κ3) is 2.28. The van der Waals surface area contributed by atoms with Crippen LogP contribution in [0.25, 0.3) is 5.03 Å². The molecule has 3 nitrogen and oxygen atoms in total. The Morgan fingerprint density at radius 2 is 2.05 bits per heavy atom. The second-order valence-corrected chi connectivity index (χ2v) is 4.40. The summed E-state index contributed by atoms with van der Waals surface area (Å²) in [6, 6.07) is 4.54. The highest BCUT2D eigenvalue weighted by atomic mass is 35.5. The van der Waals surface area contributed by atoms with Crippen LogP contribution in [0.5, 0.6) is 5.75 Å². The number of rotatable bonds is 1. The molecule has 102 valence electrons. The summed E-state index contributed by atoms with van der Waals surface area (Å²) < 4.78 is 43.4. The Kier molecular flexibility index (Phi) is 3.22. The highest BCUT2D eigenvalue weighted by Crippen LogP contribution is 2.44. The first-order valence-corrected chi connectivity index (χ1v) is 5.57. The molecule has 0 fully saturated rings. The summed E-state index contributed by atoms with van der Waals surface area (Å²) in [6.07, 6.45) is -7.42. The van der Waals surface area contributed by atoms with Gasteiger partial charge < -0.3 is 9.84 Å². The van der Waals surface area contributed by atoms with E-state index in [1.54, 1.807) is 19.1 Å². The Labute approximate surface area is 111 Å². The molecule has 0 aliphatic carbocycles. The second kappa shape index (κ2) is 4.45. The molecule has 1 N–H and O–H groups in total. The van der Waals surface area contributed by atoms with Crippen LogP contribution in [-0.4, -0.2) is 23.4 Å². The number of para-hydroxylation sites is 1. The summed E-state index contributed by atoms with van der Waals surface area (Å²) in [7, 11) is 0. The molecule has 0 radical (unpaired) electrons. The van der Waals surface area contributed by atoms with Crippen molar-refractivity contribution in [2.24, 2.45) is 0 Å². The van der Waals surface area contributed by atoms with Crippen molar-refractivity contribution in [2.45, 2.75) is 19.2 Å². The molecule has 0 amide bonds. The van der Waals surface area contributed by atoms with E-state index in [1.165, 1.54) is 6.07 Å². The quantitative estimate of drug-likeness (QED) is 0.863. The van der Waals surface area contributed by atoms with Crippen LogP contribution in [0.1, 0.15) is 11.1 Å². The van der Waals surface area contributed by atoms with Crippen molar-refractivity contribution < 1.29 is 27.8 Å². The molecule has 2 rings (SSSR count). The number of carbonyl (C=O) groups is 1. The van der Waals surface area contributed by atoms with Gasteiger partial charge in [0.25, 0.3) is 0 Å². The zero-order chi connectivity index (χ0) is 14.4. The van der Waals surface area contributed by atoms with E-state index in [9.17, 15) is 18.0 Å². The van der Waals surface area contributed by atoms with E-state index in [-0.39, 0.29) is 11.3 Å². The van der Waals surface area contributed by atoms with Gasteiger partial charge in [0, 0.05) is 5.56 Å². The SMILES string of the molecule is Cc1cccc2c1OC(C(F)(F)F)C(C(=O)O)=C2Cl. The zero-order valence-electron chi connectivity index (χ0n) is 9.58. The number of carboxylic acid groups (broad SMARTS) is 1. The molecule has 1 heterocycles. The first-order chi connectivity index (χ1) is 8.73. The number of hydrogen-bond acceptors (Lipinski definition) is 2. The van der Waals surface area contributed by atoms with Gasteiger partial charge in [-0.2, -0.15) is 13.2 Å². The summed E-state index contributed by atoms with van der Waals surface area (Å²) >= 11 is 5.80. The van der Waals surface area contributed by atoms with Gasteiger partial charge in [-0.25, -0.2) is 4.79 Å². The number of ether oxygens (including phenoxy) is 1. The largest absolute Gasteiger partial charge is 0.478 e. The topological polar surface area (TPSA) is 46.5 Å². The van der Waals surface area contributed by atoms with Gasteiger partial charge in [0.1, 0.15) is 11.3 Å². The molecule has 7 heteroatoms. The Hall–Kier alpha value is -1.69. The highest BCUT2D eigenvalue weighted by molar-refractivity contribution is 6.51. The lowest BCUT2D eigenvalue weighted by molar-refractivity contribution is -0.187.